The number of likely N-dealkylation sites (tertiary alicyclic amines) is 1. The zero-order valence-corrected chi connectivity index (χ0v) is 7.49. The Balaban J connectivity index is 2.23. The summed E-state index contributed by atoms with van der Waals surface area (Å²) in [5.41, 5.74) is 5.00. The molecule has 0 aromatic heterocycles. The lowest BCUT2D eigenvalue weighted by molar-refractivity contribution is 0.209. The first-order chi connectivity index (χ1) is 6.22. The molecule has 13 heavy (non-hydrogen) atoms. The summed E-state index contributed by atoms with van der Waals surface area (Å²) >= 11 is 0. The van der Waals surface area contributed by atoms with Crippen LogP contribution in [0.15, 0.2) is 0 Å². The third kappa shape index (κ3) is 3.30. The van der Waals surface area contributed by atoms with Gasteiger partial charge < -0.3 is 11.1 Å². The molecule has 3 N–H and O–H groups in total. The van der Waals surface area contributed by atoms with Gasteiger partial charge in [0.05, 0.1) is 12.6 Å². The second-order valence-corrected chi connectivity index (χ2v) is 3.22. The highest BCUT2D eigenvalue weighted by Crippen LogP contribution is 2.08. The number of nitriles is 1. The van der Waals surface area contributed by atoms with Crippen molar-refractivity contribution in [3.63, 3.8) is 0 Å². The summed E-state index contributed by atoms with van der Waals surface area (Å²) in [6.45, 7) is 2.19. The monoisotopic (exact) mass is 182 g/mol. The van der Waals surface area contributed by atoms with Gasteiger partial charge >= 0.3 is 6.03 Å². The Morgan fingerprint density at radius 1 is 1.62 bits per heavy atom. The fraction of sp³-hybridized carbons (Fsp3) is 0.750. The number of nitrogens with two attached hydrogens (primary N) is 1. The quantitative estimate of drug-likeness (QED) is 0.572. The van der Waals surface area contributed by atoms with E-state index in [9.17, 15) is 4.79 Å². The second-order valence-electron chi connectivity index (χ2n) is 3.22. The number of piperidine rings is 1. The Kier molecular flexibility index (Phi) is 3.53. The molecule has 72 valence electrons. The molecule has 1 heterocycles. The number of urea groups is 1. The first-order valence-electron chi connectivity index (χ1n) is 4.37. The normalized spacial score (nSPS) is 19.3. The Labute approximate surface area is 77.5 Å². The fourth-order valence-corrected chi connectivity index (χ4v) is 1.54. The molecule has 0 saturated carbocycles. The molecule has 5 heteroatoms. The predicted molar refractivity (Wildman–Crippen MR) is 47.8 cm³/mol. The number of hydrogen-bond acceptors (Lipinski definition) is 3. The zero-order valence-electron chi connectivity index (χ0n) is 7.49. The van der Waals surface area contributed by atoms with Crippen LogP contribution >= 0.6 is 0 Å². The van der Waals surface area contributed by atoms with Gasteiger partial charge in [-0.1, -0.05) is 0 Å². The number of carbonyl (C=O) groups is 1. The van der Waals surface area contributed by atoms with Crippen LogP contribution < -0.4 is 11.1 Å². The predicted octanol–water partition coefficient (Wildman–Crippen LogP) is -0.357. The largest absolute Gasteiger partial charge is 0.352 e. The molecular formula is C8H14N4O. The molecule has 0 unspecified atom stereocenters. The maximum atomic E-state index is 10.5. The lowest BCUT2D eigenvalue weighted by Gasteiger charge is -2.30. The van der Waals surface area contributed by atoms with Crippen LogP contribution in [0.3, 0.4) is 0 Å². The van der Waals surface area contributed by atoms with Crippen molar-refractivity contribution in [2.75, 3.05) is 19.6 Å². The SMILES string of the molecule is N#CCN1CCC(NC(N)=O)CC1. The van der Waals surface area contributed by atoms with E-state index < -0.39 is 6.03 Å². The minimum Gasteiger partial charge on any atom is -0.352 e. The molecule has 1 aliphatic heterocycles. The lowest BCUT2D eigenvalue weighted by Crippen LogP contribution is -2.46. The van der Waals surface area contributed by atoms with E-state index in [2.05, 4.69) is 16.3 Å². The van der Waals surface area contributed by atoms with Crippen LogP contribution in [0.2, 0.25) is 0 Å². The number of amides is 2. The summed E-state index contributed by atoms with van der Waals surface area (Å²) in [5.74, 6) is 0. The summed E-state index contributed by atoms with van der Waals surface area (Å²) in [6, 6.07) is 1.83. The standard InChI is InChI=1S/C8H14N4O/c9-3-6-12-4-1-7(2-5-12)11-8(10)13/h7H,1-2,4-6H2,(H3,10,11,13). The fourth-order valence-electron chi connectivity index (χ4n) is 1.54. The van der Waals surface area contributed by atoms with Gasteiger partial charge in [0.15, 0.2) is 0 Å². The molecule has 1 fully saturated rings. The average molecular weight is 182 g/mol. The van der Waals surface area contributed by atoms with Gasteiger partial charge in [0, 0.05) is 19.1 Å². The molecule has 0 atom stereocenters. The van der Waals surface area contributed by atoms with Crippen LogP contribution in [-0.4, -0.2) is 36.6 Å². The molecule has 0 aromatic carbocycles. The van der Waals surface area contributed by atoms with Crippen molar-refractivity contribution < 1.29 is 4.79 Å². The number of nitrogens with zero attached hydrogens (tertiary/aromatic N) is 2. The number of nitrogens with one attached hydrogen (secondary N) is 1. The third-order valence-electron chi connectivity index (χ3n) is 2.23. The van der Waals surface area contributed by atoms with E-state index in [-0.39, 0.29) is 6.04 Å². The van der Waals surface area contributed by atoms with E-state index in [1.807, 2.05) is 0 Å². The first-order valence-corrected chi connectivity index (χ1v) is 4.37. The molecule has 2 amide bonds. The minimum atomic E-state index is -0.460. The van der Waals surface area contributed by atoms with Crippen molar-refractivity contribution in [3.8, 4) is 6.07 Å². The van der Waals surface area contributed by atoms with E-state index in [0.29, 0.717) is 6.54 Å². The third-order valence-corrected chi connectivity index (χ3v) is 2.23. The van der Waals surface area contributed by atoms with Crippen LogP contribution in [0.5, 0.6) is 0 Å². The molecule has 0 spiro atoms. The number of hydrogen-bond donors (Lipinski definition) is 2. The lowest BCUT2D eigenvalue weighted by atomic mass is 10.1. The maximum absolute atomic E-state index is 10.5. The van der Waals surface area contributed by atoms with Crippen LogP contribution in [0.1, 0.15) is 12.8 Å². The molecule has 0 radical (unpaired) electrons. The number of carbonyl (C=O) groups excluding carboxylic acids is 1. The van der Waals surface area contributed by atoms with Crippen LogP contribution in [-0.2, 0) is 0 Å². The molecule has 1 aliphatic rings. The number of primary amides is 1. The van der Waals surface area contributed by atoms with Crippen molar-refractivity contribution >= 4 is 6.03 Å². The van der Waals surface area contributed by atoms with E-state index in [1.165, 1.54) is 0 Å². The van der Waals surface area contributed by atoms with Crippen molar-refractivity contribution in [1.82, 2.24) is 10.2 Å². The molecule has 0 bridgehead atoms. The van der Waals surface area contributed by atoms with Gasteiger partial charge in [-0.05, 0) is 12.8 Å². The van der Waals surface area contributed by atoms with Crippen LogP contribution in [0, 0.1) is 11.3 Å². The van der Waals surface area contributed by atoms with E-state index >= 15 is 0 Å². The summed E-state index contributed by atoms with van der Waals surface area (Å²) in [4.78, 5) is 12.6. The summed E-state index contributed by atoms with van der Waals surface area (Å²) < 4.78 is 0. The van der Waals surface area contributed by atoms with Crippen molar-refractivity contribution in [2.24, 2.45) is 5.73 Å². The van der Waals surface area contributed by atoms with Gasteiger partial charge in [0.25, 0.3) is 0 Å². The Hall–Kier alpha value is -1.28. The van der Waals surface area contributed by atoms with E-state index in [0.717, 1.165) is 25.9 Å². The average Bonchev–Trinajstić information content (AvgIpc) is 2.08. The minimum absolute atomic E-state index is 0.187. The molecule has 1 rings (SSSR count). The summed E-state index contributed by atoms with van der Waals surface area (Å²) in [5, 5.41) is 11.1. The second kappa shape index (κ2) is 4.67. The molecule has 5 nitrogen and oxygen atoms in total. The van der Waals surface area contributed by atoms with Crippen LogP contribution in [0.4, 0.5) is 4.79 Å². The van der Waals surface area contributed by atoms with Gasteiger partial charge in [-0.2, -0.15) is 5.26 Å². The van der Waals surface area contributed by atoms with Gasteiger partial charge in [0.2, 0.25) is 0 Å². The smallest absolute Gasteiger partial charge is 0.312 e. The summed E-state index contributed by atoms with van der Waals surface area (Å²) in [6.07, 6.45) is 1.76. The van der Waals surface area contributed by atoms with Gasteiger partial charge in [-0.15, -0.1) is 0 Å². The summed E-state index contributed by atoms with van der Waals surface area (Å²) in [7, 11) is 0. The van der Waals surface area contributed by atoms with Crippen molar-refractivity contribution in [3.05, 3.63) is 0 Å². The Morgan fingerprint density at radius 3 is 2.69 bits per heavy atom. The maximum Gasteiger partial charge on any atom is 0.312 e. The highest BCUT2D eigenvalue weighted by atomic mass is 16.2. The highest BCUT2D eigenvalue weighted by molar-refractivity contribution is 5.71. The first kappa shape index (κ1) is 9.81. The Morgan fingerprint density at radius 2 is 2.23 bits per heavy atom. The Bertz CT molecular complexity index is 215. The molecule has 1 saturated heterocycles. The highest BCUT2D eigenvalue weighted by Gasteiger charge is 2.18. The number of rotatable bonds is 2. The van der Waals surface area contributed by atoms with Gasteiger partial charge in [-0.25, -0.2) is 4.79 Å². The van der Waals surface area contributed by atoms with Gasteiger partial charge in [0.1, 0.15) is 0 Å². The van der Waals surface area contributed by atoms with Crippen molar-refractivity contribution in [1.29, 1.82) is 5.26 Å². The van der Waals surface area contributed by atoms with Gasteiger partial charge in [-0.3, -0.25) is 4.90 Å². The topological polar surface area (TPSA) is 82.2 Å². The molecule has 0 aromatic rings. The molecule has 0 aliphatic carbocycles. The van der Waals surface area contributed by atoms with E-state index in [4.69, 9.17) is 11.0 Å². The van der Waals surface area contributed by atoms with Crippen LogP contribution in [0.25, 0.3) is 0 Å². The molecular weight excluding hydrogens is 168 g/mol. The zero-order chi connectivity index (χ0) is 9.68. The van der Waals surface area contributed by atoms with E-state index in [1.54, 1.807) is 0 Å². The van der Waals surface area contributed by atoms with Crippen molar-refractivity contribution in [2.45, 2.75) is 18.9 Å².